The second-order valence-corrected chi connectivity index (χ2v) is 5.99. The van der Waals surface area contributed by atoms with Gasteiger partial charge in [0.25, 0.3) is 0 Å². The molecule has 0 bridgehead atoms. The van der Waals surface area contributed by atoms with Gasteiger partial charge in [-0.3, -0.25) is 4.79 Å². The number of carbonyl (C=O) groups is 1. The van der Waals surface area contributed by atoms with Crippen molar-refractivity contribution in [3.05, 3.63) is 21.4 Å². The minimum absolute atomic E-state index is 0.621. The number of hydrogen-bond donors (Lipinski definition) is 1. The third kappa shape index (κ3) is 3.06. The van der Waals surface area contributed by atoms with Crippen LogP contribution in [0.15, 0.2) is 6.07 Å². The number of carboxylic acids is 1. The van der Waals surface area contributed by atoms with Crippen LogP contribution in [0, 0.1) is 19.3 Å². The third-order valence-corrected chi connectivity index (χ3v) is 3.91. The first kappa shape index (κ1) is 12.2. The van der Waals surface area contributed by atoms with Gasteiger partial charge in [-0.2, -0.15) is 0 Å². The average Bonchev–Trinajstić information content (AvgIpc) is 2.41. The Labute approximate surface area is 94.9 Å². The molecule has 0 saturated heterocycles. The maximum Gasteiger partial charge on any atom is 0.309 e. The highest BCUT2D eigenvalue weighted by Crippen LogP contribution is 2.28. The molecule has 1 N–H and O–H groups in total. The molecule has 0 radical (unpaired) electrons. The molecule has 1 aromatic rings. The van der Waals surface area contributed by atoms with Gasteiger partial charge in [0.15, 0.2) is 0 Å². The summed E-state index contributed by atoms with van der Waals surface area (Å²) in [5.41, 5.74) is 0.670. The first-order valence-corrected chi connectivity index (χ1v) is 5.94. The van der Waals surface area contributed by atoms with Gasteiger partial charge in [0.05, 0.1) is 5.41 Å². The van der Waals surface area contributed by atoms with Crippen LogP contribution in [0.5, 0.6) is 0 Å². The van der Waals surface area contributed by atoms with Crippen molar-refractivity contribution in [3.8, 4) is 0 Å². The zero-order valence-electron chi connectivity index (χ0n) is 9.76. The molecule has 0 aliphatic heterocycles. The van der Waals surface area contributed by atoms with Crippen LogP contribution < -0.4 is 0 Å². The molecule has 0 spiro atoms. The topological polar surface area (TPSA) is 37.3 Å². The maximum atomic E-state index is 10.9. The second kappa shape index (κ2) is 4.35. The Bertz CT molecular complexity index is 364. The van der Waals surface area contributed by atoms with Gasteiger partial charge < -0.3 is 5.11 Å². The number of aliphatic carboxylic acids is 1. The summed E-state index contributed by atoms with van der Waals surface area (Å²) in [7, 11) is 0. The second-order valence-electron chi connectivity index (χ2n) is 4.65. The lowest BCUT2D eigenvalue weighted by Crippen LogP contribution is -2.24. The number of carboxylic acid groups (broad SMARTS) is 1. The van der Waals surface area contributed by atoms with Crippen LogP contribution in [-0.2, 0) is 11.2 Å². The molecule has 0 amide bonds. The number of hydrogen-bond acceptors (Lipinski definition) is 2. The van der Waals surface area contributed by atoms with Crippen molar-refractivity contribution in [2.75, 3.05) is 0 Å². The van der Waals surface area contributed by atoms with E-state index in [2.05, 4.69) is 19.9 Å². The first-order chi connectivity index (χ1) is 6.83. The van der Waals surface area contributed by atoms with Gasteiger partial charge in [0, 0.05) is 9.75 Å². The molecule has 0 aromatic carbocycles. The summed E-state index contributed by atoms with van der Waals surface area (Å²) in [5, 5.41) is 9.00. The highest BCUT2D eigenvalue weighted by atomic mass is 32.1. The summed E-state index contributed by atoms with van der Waals surface area (Å²) in [5.74, 6) is -0.714. The summed E-state index contributed by atoms with van der Waals surface area (Å²) in [4.78, 5) is 13.6. The zero-order chi connectivity index (χ0) is 11.6. The van der Waals surface area contributed by atoms with E-state index in [1.165, 1.54) is 15.3 Å². The Morgan fingerprint density at radius 3 is 2.47 bits per heavy atom. The molecular weight excluding hydrogens is 208 g/mol. The molecule has 84 valence electrons. The van der Waals surface area contributed by atoms with Crippen molar-refractivity contribution in [1.82, 2.24) is 0 Å². The van der Waals surface area contributed by atoms with E-state index in [1.807, 2.05) is 0 Å². The molecule has 0 fully saturated rings. The van der Waals surface area contributed by atoms with Gasteiger partial charge in [0.2, 0.25) is 0 Å². The quantitative estimate of drug-likeness (QED) is 0.854. The van der Waals surface area contributed by atoms with Crippen molar-refractivity contribution >= 4 is 17.3 Å². The predicted octanol–water partition coefficient (Wildman–Crippen LogP) is 3.41. The van der Waals surface area contributed by atoms with E-state index in [0.717, 1.165) is 6.42 Å². The van der Waals surface area contributed by atoms with E-state index >= 15 is 0 Å². The van der Waals surface area contributed by atoms with Crippen molar-refractivity contribution in [2.45, 2.75) is 40.5 Å². The van der Waals surface area contributed by atoms with E-state index in [-0.39, 0.29) is 0 Å². The summed E-state index contributed by atoms with van der Waals surface area (Å²) < 4.78 is 0. The molecule has 1 rings (SSSR count). The zero-order valence-corrected chi connectivity index (χ0v) is 10.6. The van der Waals surface area contributed by atoms with Gasteiger partial charge in [-0.25, -0.2) is 0 Å². The van der Waals surface area contributed by atoms with Crippen molar-refractivity contribution < 1.29 is 9.90 Å². The standard InChI is InChI=1S/C12H18O2S/c1-8-7-9(2)15-10(8)5-6-12(3,4)11(13)14/h7H,5-6H2,1-4H3,(H,13,14). The summed E-state index contributed by atoms with van der Waals surface area (Å²) in [6.45, 7) is 7.74. The van der Waals surface area contributed by atoms with E-state index in [4.69, 9.17) is 5.11 Å². The molecule has 0 aliphatic rings. The normalized spacial score (nSPS) is 11.7. The molecule has 3 heteroatoms. The highest BCUT2D eigenvalue weighted by Gasteiger charge is 2.26. The van der Waals surface area contributed by atoms with Crippen LogP contribution in [0.3, 0.4) is 0 Å². The minimum Gasteiger partial charge on any atom is -0.481 e. The van der Waals surface area contributed by atoms with Crippen LogP contribution >= 0.6 is 11.3 Å². The van der Waals surface area contributed by atoms with Gasteiger partial charge in [-0.1, -0.05) is 0 Å². The first-order valence-electron chi connectivity index (χ1n) is 5.12. The predicted molar refractivity (Wildman–Crippen MR) is 63.5 cm³/mol. The van der Waals surface area contributed by atoms with Gasteiger partial charge in [-0.05, 0) is 52.2 Å². The molecule has 1 aromatic heterocycles. The van der Waals surface area contributed by atoms with Crippen LogP contribution in [0.25, 0.3) is 0 Å². The summed E-state index contributed by atoms with van der Waals surface area (Å²) in [6.07, 6.45) is 1.56. The fraction of sp³-hybridized carbons (Fsp3) is 0.583. The lowest BCUT2D eigenvalue weighted by Gasteiger charge is -2.18. The Morgan fingerprint density at radius 1 is 1.47 bits per heavy atom. The van der Waals surface area contributed by atoms with Crippen molar-refractivity contribution in [1.29, 1.82) is 0 Å². The summed E-state index contributed by atoms with van der Waals surface area (Å²) >= 11 is 1.77. The fourth-order valence-electron chi connectivity index (χ4n) is 1.47. The minimum atomic E-state index is -0.714. The number of rotatable bonds is 4. The van der Waals surface area contributed by atoms with Crippen molar-refractivity contribution in [3.63, 3.8) is 0 Å². The Hall–Kier alpha value is -0.830. The van der Waals surface area contributed by atoms with Gasteiger partial charge in [-0.15, -0.1) is 11.3 Å². The Balaban J connectivity index is 2.65. The molecule has 0 atom stereocenters. The van der Waals surface area contributed by atoms with Crippen LogP contribution in [-0.4, -0.2) is 11.1 Å². The molecule has 15 heavy (non-hydrogen) atoms. The Morgan fingerprint density at radius 2 is 2.07 bits per heavy atom. The SMILES string of the molecule is Cc1cc(C)c(CCC(C)(C)C(=O)O)s1. The van der Waals surface area contributed by atoms with Crippen molar-refractivity contribution in [2.24, 2.45) is 5.41 Å². The van der Waals surface area contributed by atoms with E-state index in [9.17, 15) is 4.79 Å². The number of thiophene rings is 1. The fourth-order valence-corrected chi connectivity index (χ4v) is 2.52. The van der Waals surface area contributed by atoms with E-state index in [1.54, 1.807) is 25.2 Å². The molecule has 0 unspecified atom stereocenters. The molecule has 1 heterocycles. The third-order valence-electron chi connectivity index (χ3n) is 2.70. The van der Waals surface area contributed by atoms with Crippen LogP contribution in [0.4, 0.5) is 0 Å². The van der Waals surface area contributed by atoms with Gasteiger partial charge >= 0.3 is 5.97 Å². The average molecular weight is 226 g/mol. The highest BCUT2D eigenvalue weighted by molar-refractivity contribution is 7.12. The smallest absolute Gasteiger partial charge is 0.309 e. The van der Waals surface area contributed by atoms with Gasteiger partial charge in [0.1, 0.15) is 0 Å². The molecule has 2 nitrogen and oxygen atoms in total. The Kier molecular flexibility index (Phi) is 3.55. The summed E-state index contributed by atoms with van der Waals surface area (Å²) in [6, 6.07) is 2.16. The van der Waals surface area contributed by atoms with Crippen LogP contribution in [0.1, 0.15) is 35.6 Å². The van der Waals surface area contributed by atoms with E-state index in [0.29, 0.717) is 6.42 Å². The molecular formula is C12H18O2S. The monoisotopic (exact) mass is 226 g/mol. The lowest BCUT2D eigenvalue weighted by atomic mass is 9.87. The molecule has 0 saturated carbocycles. The maximum absolute atomic E-state index is 10.9. The lowest BCUT2D eigenvalue weighted by molar-refractivity contribution is -0.147. The van der Waals surface area contributed by atoms with Crippen LogP contribution in [0.2, 0.25) is 0 Å². The largest absolute Gasteiger partial charge is 0.481 e. The van der Waals surface area contributed by atoms with E-state index < -0.39 is 11.4 Å². The molecule has 0 aliphatic carbocycles. The number of aryl methyl sites for hydroxylation is 3.